The second-order valence-electron chi connectivity index (χ2n) is 4.75. The topological polar surface area (TPSA) is 66.6 Å². The van der Waals surface area contributed by atoms with Gasteiger partial charge in [-0.3, -0.25) is 9.59 Å². The Balaban J connectivity index is 2.99. The van der Waals surface area contributed by atoms with Crippen molar-refractivity contribution in [2.24, 2.45) is 0 Å². The zero-order chi connectivity index (χ0) is 15.3. The van der Waals surface area contributed by atoms with Gasteiger partial charge in [0, 0.05) is 31.4 Å². The fraction of sp³-hybridized carbons (Fsp3) is 0.429. The summed E-state index contributed by atoms with van der Waals surface area (Å²) in [4.78, 5) is 27.2. The minimum absolute atomic E-state index is 0.0334. The van der Waals surface area contributed by atoms with Crippen LogP contribution in [0.3, 0.4) is 0 Å². The molecule has 1 aromatic carbocycles. The first kappa shape index (κ1) is 16.3. The number of nitrogens with zero attached hydrogens (tertiary/aromatic N) is 2. The first-order valence-corrected chi connectivity index (χ1v) is 6.79. The number of nitrogens with two attached hydrogens (primary N) is 1. The minimum Gasteiger partial charge on any atom is -0.398 e. The quantitative estimate of drug-likeness (QED) is 0.844. The average molecular weight is 298 g/mol. The van der Waals surface area contributed by atoms with Crippen LogP contribution in [0.5, 0.6) is 0 Å². The highest BCUT2D eigenvalue weighted by molar-refractivity contribution is 6.31. The molecule has 1 rings (SSSR count). The molecule has 0 atom stereocenters. The van der Waals surface area contributed by atoms with Gasteiger partial charge >= 0.3 is 0 Å². The lowest BCUT2D eigenvalue weighted by Gasteiger charge is -2.24. The molecule has 110 valence electrons. The van der Waals surface area contributed by atoms with Crippen molar-refractivity contribution < 1.29 is 9.59 Å². The number of carbonyl (C=O) groups excluding carboxylic acids is 2. The molecule has 0 saturated heterocycles. The zero-order valence-corrected chi connectivity index (χ0v) is 12.8. The SMILES string of the molecule is CCCN(CC(=O)N(C)C)C(=O)c1cc(Cl)ccc1N. The fourth-order valence-corrected chi connectivity index (χ4v) is 1.88. The molecule has 0 aromatic heterocycles. The molecular formula is C14H20ClN3O2. The lowest BCUT2D eigenvalue weighted by molar-refractivity contribution is -0.129. The molecule has 0 unspecified atom stereocenters. The smallest absolute Gasteiger partial charge is 0.256 e. The highest BCUT2D eigenvalue weighted by Gasteiger charge is 2.21. The Morgan fingerprint density at radius 3 is 2.50 bits per heavy atom. The number of hydrogen-bond donors (Lipinski definition) is 1. The Hall–Kier alpha value is -1.75. The average Bonchev–Trinajstić information content (AvgIpc) is 2.40. The summed E-state index contributed by atoms with van der Waals surface area (Å²) >= 11 is 5.90. The van der Waals surface area contributed by atoms with Gasteiger partial charge in [-0.15, -0.1) is 0 Å². The Morgan fingerprint density at radius 1 is 1.30 bits per heavy atom. The third kappa shape index (κ3) is 4.13. The molecule has 0 bridgehead atoms. The molecule has 0 aliphatic carbocycles. The van der Waals surface area contributed by atoms with Crippen LogP contribution in [0.25, 0.3) is 0 Å². The third-order valence-corrected chi connectivity index (χ3v) is 3.09. The Kier molecular flexibility index (Phi) is 5.82. The van der Waals surface area contributed by atoms with Gasteiger partial charge in [0.05, 0.1) is 5.56 Å². The molecule has 5 nitrogen and oxygen atoms in total. The van der Waals surface area contributed by atoms with Gasteiger partial charge in [0.25, 0.3) is 5.91 Å². The Morgan fingerprint density at radius 2 is 1.95 bits per heavy atom. The van der Waals surface area contributed by atoms with Crippen molar-refractivity contribution in [3.8, 4) is 0 Å². The van der Waals surface area contributed by atoms with E-state index < -0.39 is 0 Å². The number of amides is 2. The molecule has 2 amide bonds. The number of likely N-dealkylation sites (N-methyl/N-ethyl adjacent to an activating group) is 1. The maximum absolute atomic E-state index is 12.5. The summed E-state index contributed by atoms with van der Waals surface area (Å²) in [6.45, 7) is 2.47. The molecule has 0 spiro atoms. The maximum atomic E-state index is 12.5. The van der Waals surface area contributed by atoms with E-state index >= 15 is 0 Å². The van der Waals surface area contributed by atoms with Gasteiger partial charge < -0.3 is 15.5 Å². The monoisotopic (exact) mass is 297 g/mol. The lowest BCUT2D eigenvalue weighted by Crippen LogP contribution is -2.40. The number of carbonyl (C=O) groups is 2. The highest BCUT2D eigenvalue weighted by Crippen LogP contribution is 2.19. The normalized spacial score (nSPS) is 10.2. The Labute approximate surface area is 124 Å². The van der Waals surface area contributed by atoms with E-state index in [0.717, 1.165) is 6.42 Å². The van der Waals surface area contributed by atoms with Gasteiger partial charge in [0.15, 0.2) is 0 Å². The summed E-state index contributed by atoms with van der Waals surface area (Å²) in [7, 11) is 3.31. The molecule has 0 heterocycles. The molecule has 0 saturated carbocycles. The van der Waals surface area contributed by atoms with E-state index in [1.807, 2.05) is 6.92 Å². The van der Waals surface area contributed by atoms with Gasteiger partial charge in [-0.1, -0.05) is 18.5 Å². The van der Waals surface area contributed by atoms with Crippen molar-refractivity contribution in [1.29, 1.82) is 0 Å². The molecule has 0 fully saturated rings. The van der Waals surface area contributed by atoms with Crippen LogP contribution in [0.15, 0.2) is 18.2 Å². The molecule has 0 aliphatic rings. The summed E-state index contributed by atoms with van der Waals surface area (Å²) in [6, 6.07) is 4.75. The molecule has 6 heteroatoms. The van der Waals surface area contributed by atoms with E-state index in [1.165, 1.54) is 15.9 Å². The van der Waals surface area contributed by atoms with Gasteiger partial charge in [-0.2, -0.15) is 0 Å². The van der Waals surface area contributed by atoms with Crippen molar-refractivity contribution in [1.82, 2.24) is 9.80 Å². The molecule has 20 heavy (non-hydrogen) atoms. The van der Waals surface area contributed by atoms with Crippen LogP contribution in [0.2, 0.25) is 5.02 Å². The summed E-state index contributed by atoms with van der Waals surface area (Å²) in [5.74, 6) is -0.408. The largest absolute Gasteiger partial charge is 0.398 e. The number of benzene rings is 1. The van der Waals surface area contributed by atoms with Gasteiger partial charge in [-0.05, 0) is 24.6 Å². The van der Waals surface area contributed by atoms with Crippen molar-refractivity contribution in [3.05, 3.63) is 28.8 Å². The van der Waals surface area contributed by atoms with E-state index in [4.69, 9.17) is 17.3 Å². The van der Waals surface area contributed by atoms with Crippen molar-refractivity contribution >= 4 is 29.1 Å². The van der Waals surface area contributed by atoms with Crippen molar-refractivity contribution in [2.45, 2.75) is 13.3 Å². The van der Waals surface area contributed by atoms with E-state index in [2.05, 4.69) is 0 Å². The fourth-order valence-electron chi connectivity index (χ4n) is 1.71. The number of rotatable bonds is 5. The van der Waals surface area contributed by atoms with Crippen molar-refractivity contribution in [2.75, 3.05) is 32.9 Å². The molecule has 0 aliphatic heterocycles. The zero-order valence-electron chi connectivity index (χ0n) is 12.0. The van der Waals surface area contributed by atoms with Crippen LogP contribution < -0.4 is 5.73 Å². The van der Waals surface area contributed by atoms with E-state index in [1.54, 1.807) is 26.2 Å². The van der Waals surface area contributed by atoms with Gasteiger partial charge in [-0.25, -0.2) is 0 Å². The van der Waals surface area contributed by atoms with Crippen LogP contribution in [-0.4, -0.2) is 48.8 Å². The summed E-state index contributed by atoms with van der Waals surface area (Å²) in [5.41, 5.74) is 6.50. The number of halogens is 1. The first-order chi connectivity index (χ1) is 9.36. The standard InChI is InChI=1S/C14H20ClN3O2/c1-4-7-18(9-13(19)17(2)3)14(20)11-8-10(15)5-6-12(11)16/h5-6,8H,4,7,9,16H2,1-3H3. The number of hydrogen-bond acceptors (Lipinski definition) is 3. The predicted molar refractivity (Wildman–Crippen MR) is 80.8 cm³/mol. The van der Waals surface area contributed by atoms with E-state index in [9.17, 15) is 9.59 Å². The van der Waals surface area contributed by atoms with Crippen LogP contribution in [-0.2, 0) is 4.79 Å². The second kappa shape index (κ2) is 7.14. The van der Waals surface area contributed by atoms with Gasteiger partial charge in [0.1, 0.15) is 6.54 Å². The summed E-state index contributed by atoms with van der Waals surface area (Å²) < 4.78 is 0. The molecule has 2 N–H and O–H groups in total. The number of anilines is 1. The van der Waals surface area contributed by atoms with Gasteiger partial charge in [0.2, 0.25) is 5.91 Å². The van der Waals surface area contributed by atoms with E-state index in [0.29, 0.717) is 22.8 Å². The van der Waals surface area contributed by atoms with Crippen molar-refractivity contribution in [3.63, 3.8) is 0 Å². The lowest BCUT2D eigenvalue weighted by atomic mass is 10.1. The highest BCUT2D eigenvalue weighted by atomic mass is 35.5. The first-order valence-electron chi connectivity index (χ1n) is 6.41. The molecule has 0 radical (unpaired) electrons. The second-order valence-corrected chi connectivity index (χ2v) is 5.18. The Bertz CT molecular complexity index is 503. The van der Waals surface area contributed by atoms with Crippen LogP contribution >= 0.6 is 11.6 Å². The number of nitrogen functional groups attached to an aromatic ring is 1. The third-order valence-electron chi connectivity index (χ3n) is 2.85. The minimum atomic E-state index is -0.276. The van der Waals surface area contributed by atoms with E-state index in [-0.39, 0.29) is 18.4 Å². The van der Waals surface area contributed by atoms with Crippen LogP contribution in [0.4, 0.5) is 5.69 Å². The predicted octanol–water partition coefficient (Wildman–Crippen LogP) is 1.86. The molecular weight excluding hydrogens is 278 g/mol. The maximum Gasteiger partial charge on any atom is 0.256 e. The van der Waals surface area contributed by atoms with Crippen LogP contribution in [0.1, 0.15) is 23.7 Å². The summed E-state index contributed by atoms with van der Waals surface area (Å²) in [5, 5.41) is 0.443. The summed E-state index contributed by atoms with van der Waals surface area (Å²) in [6.07, 6.45) is 0.757. The van der Waals surface area contributed by atoms with Crippen LogP contribution in [0, 0.1) is 0 Å². The molecule has 1 aromatic rings.